The van der Waals surface area contributed by atoms with E-state index in [-0.39, 0.29) is 22.7 Å². The Morgan fingerprint density at radius 1 is 1.24 bits per heavy atom. The Morgan fingerprint density at radius 2 is 1.76 bits per heavy atom. The average Bonchev–Trinajstić information content (AvgIpc) is 2.31. The third-order valence-corrected chi connectivity index (χ3v) is 4.16. The summed E-state index contributed by atoms with van der Waals surface area (Å²) in [6.45, 7) is 12.4. The molecule has 0 heterocycles. The lowest BCUT2D eigenvalue weighted by atomic mass is 9.66. The number of carbonyl (C=O) groups is 1. The van der Waals surface area contributed by atoms with E-state index in [1.807, 2.05) is 13.0 Å². The van der Waals surface area contributed by atoms with Crippen molar-refractivity contribution in [3.63, 3.8) is 0 Å². The summed E-state index contributed by atoms with van der Waals surface area (Å²) in [6.07, 6.45) is 4.61. The van der Waals surface area contributed by atoms with Crippen LogP contribution in [0.1, 0.15) is 54.4 Å². The minimum atomic E-state index is -0.436. The van der Waals surface area contributed by atoms with E-state index in [9.17, 15) is 9.90 Å². The molecule has 17 heavy (non-hydrogen) atoms. The molecule has 0 saturated heterocycles. The zero-order valence-corrected chi connectivity index (χ0v) is 12.0. The highest BCUT2D eigenvalue weighted by atomic mass is 16.3. The van der Waals surface area contributed by atoms with Crippen LogP contribution in [0.2, 0.25) is 0 Å². The largest absolute Gasteiger partial charge is 0.393 e. The molecule has 1 aliphatic rings. The Morgan fingerprint density at radius 3 is 2.12 bits per heavy atom. The fraction of sp³-hybridized carbons (Fsp3) is 0.800. The van der Waals surface area contributed by atoms with Gasteiger partial charge in [-0.15, -0.1) is 0 Å². The van der Waals surface area contributed by atoms with Crippen LogP contribution in [-0.4, -0.2) is 17.0 Å². The van der Waals surface area contributed by atoms with Crippen molar-refractivity contribution < 1.29 is 9.90 Å². The molecular formula is C15H26O2. The predicted octanol–water partition coefficient (Wildman–Crippen LogP) is 3.35. The maximum atomic E-state index is 12.4. The van der Waals surface area contributed by atoms with Gasteiger partial charge >= 0.3 is 0 Å². The molecule has 0 aromatic carbocycles. The van der Waals surface area contributed by atoms with Gasteiger partial charge in [-0.25, -0.2) is 0 Å². The van der Waals surface area contributed by atoms with Crippen molar-refractivity contribution in [3.05, 3.63) is 12.2 Å². The van der Waals surface area contributed by atoms with Crippen molar-refractivity contribution in [2.75, 3.05) is 0 Å². The van der Waals surface area contributed by atoms with Gasteiger partial charge < -0.3 is 5.11 Å². The van der Waals surface area contributed by atoms with Gasteiger partial charge in [-0.2, -0.15) is 0 Å². The molecule has 2 nitrogen and oxygen atoms in total. The standard InChI is InChI=1S/C15H26O2/c1-13(2,3)8-7-12(17)15(6)10-11(16)9-14(15,4)5/h7-8,11,16H,9-10H2,1-6H3/b8-7+. The van der Waals surface area contributed by atoms with E-state index in [1.54, 1.807) is 6.08 Å². The summed E-state index contributed by atoms with van der Waals surface area (Å²) in [7, 11) is 0. The number of hydrogen-bond acceptors (Lipinski definition) is 2. The Labute approximate surface area is 105 Å². The normalized spacial score (nSPS) is 33.2. The molecule has 1 fully saturated rings. The van der Waals surface area contributed by atoms with Gasteiger partial charge in [-0.3, -0.25) is 4.79 Å². The second-order valence-electron chi connectivity index (χ2n) is 7.34. The highest BCUT2D eigenvalue weighted by Gasteiger charge is 2.52. The highest BCUT2D eigenvalue weighted by molar-refractivity contribution is 5.95. The van der Waals surface area contributed by atoms with E-state index in [0.29, 0.717) is 12.8 Å². The van der Waals surface area contributed by atoms with E-state index in [2.05, 4.69) is 34.6 Å². The molecule has 2 heteroatoms. The zero-order valence-electron chi connectivity index (χ0n) is 12.0. The second-order valence-corrected chi connectivity index (χ2v) is 7.34. The van der Waals surface area contributed by atoms with Crippen LogP contribution in [0.15, 0.2) is 12.2 Å². The molecule has 0 aromatic rings. The number of aliphatic hydroxyl groups excluding tert-OH is 1. The van der Waals surface area contributed by atoms with Gasteiger partial charge in [0.05, 0.1) is 6.10 Å². The van der Waals surface area contributed by atoms with Crippen LogP contribution >= 0.6 is 0 Å². The van der Waals surface area contributed by atoms with Crippen molar-refractivity contribution >= 4 is 5.78 Å². The van der Waals surface area contributed by atoms with Crippen molar-refractivity contribution in [1.29, 1.82) is 0 Å². The first-order chi connectivity index (χ1) is 7.48. The summed E-state index contributed by atoms with van der Waals surface area (Å²) < 4.78 is 0. The maximum absolute atomic E-state index is 12.4. The molecule has 0 spiro atoms. The molecular weight excluding hydrogens is 212 g/mol. The van der Waals surface area contributed by atoms with E-state index in [1.165, 1.54) is 0 Å². The number of aliphatic hydroxyl groups is 1. The van der Waals surface area contributed by atoms with Gasteiger partial charge in [-0.1, -0.05) is 47.6 Å². The lowest BCUT2D eigenvalue weighted by Crippen LogP contribution is -2.36. The molecule has 98 valence electrons. The first kappa shape index (κ1) is 14.4. The number of ketones is 1. The first-order valence-electron chi connectivity index (χ1n) is 6.40. The topological polar surface area (TPSA) is 37.3 Å². The van der Waals surface area contributed by atoms with Crippen LogP contribution in [0.5, 0.6) is 0 Å². The molecule has 0 radical (unpaired) electrons. The predicted molar refractivity (Wildman–Crippen MR) is 70.7 cm³/mol. The molecule has 0 aliphatic heterocycles. The van der Waals surface area contributed by atoms with E-state index >= 15 is 0 Å². The third-order valence-electron chi connectivity index (χ3n) is 4.16. The second kappa shape index (κ2) is 4.24. The number of hydrogen-bond donors (Lipinski definition) is 1. The molecule has 1 saturated carbocycles. The fourth-order valence-corrected chi connectivity index (χ4v) is 2.58. The van der Waals surface area contributed by atoms with Gasteiger partial charge in [0.1, 0.15) is 0 Å². The molecule has 1 aliphatic carbocycles. The monoisotopic (exact) mass is 238 g/mol. The summed E-state index contributed by atoms with van der Waals surface area (Å²) in [6, 6.07) is 0. The quantitative estimate of drug-likeness (QED) is 0.749. The SMILES string of the molecule is CC(C)(C)/C=C/C(=O)C1(C)CC(O)CC1(C)C. The van der Waals surface area contributed by atoms with Crippen LogP contribution in [-0.2, 0) is 4.79 Å². The van der Waals surface area contributed by atoms with Crippen LogP contribution in [0.3, 0.4) is 0 Å². The lowest BCUT2D eigenvalue weighted by Gasteiger charge is -2.35. The minimum absolute atomic E-state index is 0.0212. The zero-order chi connectivity index (χ0) is 13.5. The van der Waals surface area contributed by atoms with Gasteiger partial charge in [0.25, 0.3) is 0 Å². The Bertz CT molecular complexity index is 333. The molecule has 0 aromatic heterocycles. The summed E-state index contributed by atoms with van der Waals surface area (Å²) >= 11 is 0. The van der Waals surface area contributed by atoms with Gasteiger partial charge in [0, 0.05) is 5.41 Å². The summed E-state index contributed by atoms with van der Waals surface area (Å²) in [4.78, 5) is 12.4. The Hall–Kier alpha value is -0.630. The first-order valence-corrected chi connectivity index (χ1v) is 6.40. The van der Waals surface area contributed by atoms with Crippen molar-refractivity contribution in [3.8, 4) is 0 Å². The molecule has 2 atom stereocenters. The van der Waals surface area contributed by atoms with Crippen molar-refractivity contribution in [2.45, 2.75) is 60.5 Å². The third kappa shape index (κ3) is 2.98. The molecule has 0 bridgehead atoms. The summed E-state index contributed by atoms with van der Waals surface area (Å²) in [5.41, 5.74) is -0.548. The molecule has 1 N–H and O–H groups in total. The van der Waals surface area contributed by atoms with Crippen molar-refractivity contribution in [1.82, 2.24) is 0 Å². The van der Waals surface area contributed by atoms with E-state index in [4.69, 9.17) is 0 Å². The van der Waals surface area contributed by atoms with Gasteiger partial charge in [0.2, 0.25) is 0 Å². The van der Waals surface area contributed by atoms with Crippen LogP contribution in [0.4, 0.5) is 0 Å². The average molecular weight is 238 g/mol. The highest BCUT2D eigenvalue weighted by Crippen LogP contribution is 2.53. The van der Waals surface area contributed by atoms with Crippen LogP contribution in [0.25, 0.3) is 0 Å². The fourth-order valence-electron chi connectivity index (χ4n) is 2.58. The Kier molecular flexibility index (Phi) is 3.60. The minimum Gasteiger partial charge on any atom is -0.393 e. The van der Waals surface area contributed by atoms with Gasteiger partial charge in [0.15, 0.2) is 5.78 Å². The number of allylic oxidation sites excluding steroid dienone is 2. The summed E-state index contributed by atoms with van der Waals surface area (Å²) in [5.74, 6) is 0.147. The smallest absolute Gasteiger partial charge is 0.161 e. The van der Waals surface area contributed by atoms with Gasteiger partial charge in [-0.05, 0) is 29.7 Å². The maximum Gasteiger partial charge on any atom is 0.161 e. The number of carbonyl (C=O) groups excluding carboxylic acids is 1. The van der Waals surface area contributed by atoms with E-state index < -0.39 is 5.41 Å². The van der Waals surface area contributed by atoms with Crippen molar-refractivity contribution in [2.24, 2.45) is 16.2 Å². The summed E-state index contributed by atoms with van der Waals surface area (Å²) in [5, 5.41) is 9.80. The molecule has 1 rings (SSSR count). The Balaban J connectivity index is 2.92. The molecule has 2 unspecified atom stereocenters. The number of rotatable bonds is 2. The van der Waals surface area contributed by atoms with Crippen LogP contribution in [0, 0.1) is 16.2 Å². The lowest BCUT2D eigenvalue weighted by molar-refractivity contribution is -0.127. The van der Waals surface area contributed by atoms with Crippen LogP contribution < -0.4 is 0 Å². The molecule has 0 amide bonds. The van der Waals surface area contributed by atoms with E-state index in [0.717, 1.165) is 0 Å².